The summed E-state index contributed by atoms with van der Waals surface area (Å²) in [6.45, 7) is 6.75. The van der Waals surface area contributed by atoms with Crippen LogP contribution in [0, 0.1) is 0 Å². The fourth-order valence-electron chi connectivity index (χ4n) is 2.13. The van der Waals surface area contributed by atoms with E-state index in [1.165, 1.54) is 10.5 Å². The van der Waals surface area contributed by atoms with Gasteiger partial charge in [-0.15, -0.1) is 0 Å². The molecule has 5 nitrogen and oxygen atoms in total. The van der Waals surface area contributed by atoms with Crippen molar-refractivity contribution in [2.75, 3.05) is 18.9 Å². The van der Waals surface area contributed by atoms with E-state index in [2.05, 4.69) is 10.3 Å². The van der Waals surface area contributed by atoms with Crippen LogP contribution in [0.5, 0.6) is 0 Å². The minimum Gasteiger partial charge on any atom is -0.383 e. The zero-order chi connectivity index (χ0) is 15.2. The molecule has 0 saturated carbocycles. The molecule has 0 saturated heterocycles. The lowest BCUT2D eigenvalue weighted by molar-refractivity contribution is 0.348. The summed E-state index contributed by atoms with van der Waals surface area (Å²) < 4.78 is 26.8. The Hall–Kier alpha value is -1.14. The molecule has 6 heteroatoms. The largest absolute Gasteiger partial charge is 0.383 e. The van der Waals surface area contributed by atoms with Crippen LogP contribution >= 0.6 is 0 Å². The van der Waals surface area contributed by atoms with E-state index < -0.39 is 10.0 Å². The van der Waals surface area contributed by atoms with Gasteiger partial charge < -0.3 is 5.32 Å². The van der Waals surface area contributed by atoms with Crippen LogP contribution in [0.2, 0.25) is 0 Å². The highest BCUT2D eigenvalue weighted by atomic mass is 32.2. The quantitative estimate of drug-likeness (QED) is 0.801. The molecule has 20 heavy (non-hydrogen) atoms. The van der Waals surface area contributed by atoms with E-state index in [4.69, 9.17) is 0 Å². The highest BCUT2D eigenvalue weighted by Gasteiger charge is 2.29. The Morgan fingerprint density at radius 2 is 1.95 bits per heavy atom. The van der Waals surface area contributed by atoms with E-state index in [9.17, 15) is 8.42 Å². The molecule has 1 aromatic rings. The van der Waals surface area contributed by atoms with Crippen molar-refractivity contribution in [1.29, 1.82) is 0 Å². The Bertz CT molecular complexity index is 513. The Labute approximate surface area is 122 Å². The summed E-state index contributed by atoms with van der Waals surface area (Å²) in [5.41, 5.74) is 0.576. The number of rotatable bonds is 8. The minimum atomic E-state index is -3.56. The van der Waals surface area contributed by atoms with Crippen molar-refractivity contribution < 1.29 is 8.42 Å². The first kappa shape index (κ1) is 16.9. The van der Waals surface area contributed by atoms with Crippen LogP contribution in [0.25, 0.3) is 0 Å². The molecular formula is C14H25N3O2S. The predicted octanol–water partition coefficient (Wildman–Crippen LogP) is 2.71. The number of nitrogens with zero attached hydrogens (tertiary/aromatic N) is 2. The monoisotopic (exact) mass is 299 g/mol. The Morgan fingerprint density at radius 3 is 2.50 bits per heavy atom. The molecule has 0 fully saturated rings. The van der Waals surface area contributed by atoms with E-state index in [0.29, 0.717) is 5.69 Å². The molecule has 1 N–H and O–H groups in total. The number of pyridine rings is 1. The van der Waals surface area contributed by atoms with Crippen molar-refractivity contribution in [2.24, 2.45) is 0 Å². The van der Waals surface area contributed by atoms with Gasteiger partial charge in [0.2, 0.25) is 0 Å². The first-order valence-corrected chi connectivity index (χ1v) is 8.59. The molecule has 1 aromatic heterocycles. The smallest absolute Gasteiger partial charge is 0.262 e. The minimum absolute atomic E-state index is 0.000955. The number of anilines is 1. The zero-order valence-corrected chi connectivity index (χ0v) is 13.6. The fourth-order valence-corrected chi connectivity index (χ4v) is 3.70. The second-order valence-corrected chi connectivity index (χ2v) is 6.69. The maximum atomic E-state index is 12.7. The molecule has 0 radical (unpaired) electrons. The Morgan fingerprint density at radius 1 is 1.30 bits per heavy atom. The molecule has 0 unspecified atom stereocenters. The van der Waals surface area contributed by atoms with Crippen LogP contribution in [-0.2, 0) is 10.0 Å². The number of aromatic nitrogens is 1. The van der Waals surface area contributed by atoms with Crippen molar-refractivity contribution in [3.63, 3.8) is 0 Å². The molecule has 0 aromatic carbocycles. The zero-order valence-electron chi connectivity index (χ0n) is 12.8. The van der Waals surface area contributed by atoms with Crippen molar-refractivity contribution in [3.05, 3.63) is 18.3 Å². The average Bonchev–Trinajstić information content (AvgIpc) is 2.46. The third-order valence-electron chi connectivity index (χ3n) is 3.42. The van der Waals surface area contributed by atoms with Crippen molar-refractivity contribution in [3.8, 4) is 0 Å². The number of hydrogen-bond donors (Lipinski definition) is 1. The maximum absolute atomic E-state index is 12.7. The van der Waals surface area contributed by atoms with Gasteiger partial charge in [-0.1, -0.05) is 20.8 Å². The topological polar surface area (TPSA) is 62.3 Å². The van der Waals surface area contributed by atoms with Crippen LogP contribution in [0.4, 0.5) is 5.69 Å². The fraction of sp³-hybridized carbons (Fsp3) is 0.643. The lowest BCUT2D eigenvalue weighted by Crippen LogP contribution is -2.37. The lowest BCUT2D eigenvalue weighted by atomic mass is 10.2. The van der Waals surface area contributed by atoms with Gasteiger partial charge in [-0.05, 0) is 31.4 Å². The summed E-state index contributed by atoms with van der Waals surface area (Å²) in [4.78, 5) is 4.08. The standard InChI is InChI=1S/C14H25N3O2S/c1-5-10-15-13-9-8-11-16-14(13)20(18,19)17(4)12(6-2)7-3/h8-9,11-12,15H,5-7,10H2,1-4H3. The van der Waals surface area contributed by atoms with Gasteiger partial charge >= 0.3 is 0 Å². The summed E-state index contributed by atoms with van der Waals surface area (Å²) in [6.07, 6.45) is 4.02. The molecule has 114 valence electrons. The third-order valence-corrected chi connectivity index (χ3v) is 5.29. The SMILES string of the molecule is CCCNc1cccnc1S(=O)(=O)N(C)C(CC)CC. The highest BCUT2D eigenvalue weighted by molar-refractivity contribution is 7.89. The first-order chi connectivity index (χ1) is 9.48. The average molecular weight is 299 g/mol. The van der Waals surface area contributed by atoms with Gasteiger partial charge in [-0.25, -0.2) is 13.4 Å². The van der Waals surface area contributed by atoms with Crippen LogP contribution in [0.15, 0.2) is 23.4 Å². The predicted molar refractivity (Wildman–Crippen MR) is 82.3 cm³/mol. The number of hydrogen-bond acceptors (Lipinski definition) is 4. The molecular weight excluding hydrogens is 274 g/mol. The van der Waals surface area contributed by atoms with E-state index in [0.717, 1.165) is 25.8 Å². The highest BCUT2D eigenvalue weighted by Crippen LogP contribution is 2.24. The normalized spacial score (nSPS) is 12.1. The molecule has 0 bridgehead atoms. The third kappa shape index (κ3) is 3.70. The van der Waals surface area contributed by atoms with Crippen molar-refractivity contribution >= 4 is 15.7 Å². The van der Waals surface area contributed by atoms with E-state index in [1.807, 2.05) is 20.8 Å². The number of sulfonamides is 1. The summed E-state index contributed by atoms with van der Waals surface area (Å²) >= 11 is 0. The summed E-state index contributed by atoms with van der Waals surface area (Å²) in [5, 5.41) is 3.24. The lowest BCUT2D eigenvalue weighted by Gasteiger charge is -2.26. The molecule has 0 aliphatic carbocycles. The number of nitrogens with one attached hydrogen (secondary N) is 1. The molecule has 1 heterocycles. The second-order valence-electron chi connectivity index (χ2n) is 4.77. The summed E-state index contributed by atoms with van der Waals surface area (Å²) in [7, 11) is -1.93. The van der Waals surface area contributed by atoms with E-state index in [1.54, 1.807) is 19.2 Å². The summed E-state index contributed by atoms with van der Waals surface area (Å²) in [6, 6.07) is 3.51. The molecule has 0 atom stereocenters. The van der Waals surface area contributed by atoms with Gasteiger partial charge in [0.1, 0.15) is 0 Å². The molecule has 0 spiro atoms. The molecule has 0 aliphatic heterocycles. The van der Waals surface area contributed by atoms with Gasteiger partial charge in [-0.2, -0.15) is 4.31 Å². The van der Waals surface area contributed by atoms with Gasteiger partial charge in [0.25, 0.3) is 10.0 Å². The van der Waals surface area contributed by atoms with E-state index >= 15 is 0 Å². The Balaban J connectivity index is 3.14. The van der Waals surface area contributed by atoms with Crippen LogP contribution in [0.1, 0.15) is 40.0 Å². The van der Waals surface area contributed by atoms with Crippen molar-refractivity contribution in [2.45, 2.75) is 51.1 Å². The van der Waals surface area contributed by atoms with Crippen LogP contribution in [-0.4, -0.2) is 37.3 Å². The van der Waals surface area contributed by atoms with Crippen molar-refractivity contribution in [1.82, 2.24) is 9.29 Å². The maximum Gasteiger partial charge on any atom is 0.262 e. The van der Waals surface area contributed by atoms with Gasteiger partial charge in [-0.3, -0.25) is 0 Å². The Kier molecular flexibility index (Phi) is 6.42. The van der Waals surface area contributed by atoms with Crippen LogP contribution in [0.3, 0.4) is 0 Å². The van der Waals surface area contributed by atoms with Gasteiger partial charge in [0.15, 0.2) is 5.03 Å². The first-order valence-electron chi connectivity index (χ1n) is 7.15. The van der Waals surface area contributed by atoms with E-state index in [-0.39, 0.29) is 11.1 Å². The van der Waals surface area contributed by atoms with Gasteiger partial charge in [0.05, 0.1) is 5.69 Å². The molecule has 0 aliphatic rings. The molecule has 1 rings (SSSR count). The van der Waals surface area contributed by atoms with Crippen LogP contribution < -0.4 is 5.32 Å². The van der Waals surface area contributed by atoms with Gasteiger partial charge in [0, 0.05) is 25.8 Å². The molecule has 0 amide bonds. The second kappa shape index (κ2) is 7.59. The summed E-state index contributed by atoms with van der Waals surface area (Å²) in [5.74, 6) is 0.